The first-order chi connectivity index (χ1) is 13.7. The summed E-state index contributed by atoms with van der Waals surface area (Å²) in [5, 5.41) is 8.77. The second kappa shape index (κ2) is 9.76. The Morgan fingerprint density at radius 1 is 1.00 bits per heavy atom. The molecule has 1 aliphatic heterocycles. The molecule has 28 heavy (non-hydrogen) atoms. The highest BCUT2D eigenvalue weighted by molar-refractivity contribution is 5.94. The van der Waals surface area contributed by atoms with Crippen molar-refractivity contribution in [2.24, 2.45) is 0 Å². The van der Waals surface area contributed by atoms with E-state index in [-0.39, 0.29) is 17.7 Å². The van der Waals surface area contributed by atoms with Gasteiger partial charge in [0.25, 0.3) is 0 Å². The van der Waals surface area contributed by atoms with E-state index in [0.29, 0.717) is 11.4 Å². The first-order valence-electron chi connectivity index (χ1n) is 9.50. The Bertz CT molecular complexity index is 874. The Kier molecular flexibility index (Phi) is 6.87. The van der Waals surface area contributed by atoms with Crippen LogP contribution in [0.25, 0.3) is 12.2 Å². The van der Waals surface area contributed by atoms with Crippen LogP contribution < -0.4 is 0 Å². The van der Waals surface area contributed by atoms with Gasteiger partial charge in [-0.2, -0.15) is 0 Å². The first-order valence-corrected chi connectivity index (χ1v) is 9.50. The van der Waals surface area contributed by atoms with Crippen LogP contribution >= 0.6 is 0 Å². The number of aliphatic hydroxyl groups excluding tert-OH is 1. The van der Waals surface area contributed by atoms with Gasteiger partial charge in [0.2, 0.25) is 5.91 Å². The zero-order chi connectivity index (χ0) is 19.8. The van der Waals surface area contributed by atoms with E-state index in [1.54, 1.807) is 30.4 Å². The molecule has 1 aromatic carbocycles. The molecule has 1 amide bonds. The third kappa shape index (κ3) is 5.24. The van der Waals surface area contributed by atoms with Crippen molar-refractivity contribution >= 4 is 23.8 Å². The topological polar surface area (TPSA) is 70.5 Å². The molecule has 2 heterocycles. The summed E-state index contributed by atoms with van der Waals surface area (Å²) in [4.78, 5) is 30.3. The van der Waals surface area contributed by atoms with Crippen molar-refractivity contribution in [3.63, 3.8) is 0 Å². The van der Waals surface area contributed by atoms with E-state index < -0.39 is 6.61 Å². The third-order valence-electron chi connectivity index (χ3n) is 4.75. The van der Waals surface area contributed by atoms with E-state index in [1.165, 1.54) is 11.6 Å². The van der Waals surface area contributed by atoms with Crippen molar-refractivity contribution in [3.8, 4) is 0 Å². The molecule has 1 atom stereocenters. The van der Waals surface area contributed by atoms with Gasteiger partial charge in [-0.05, 0) is 55.2 Å². The molecule has 0 spiro atoms. The van der Waals surface area contributed by atoms with E-state index in [0.717, 1.165) is 25.8 Å². The average molecular weight is 376 g/mol. The van der Waals surface area contributed by atoms with Crippen molar-refractivity contribution in [2.75, 3.05) is 13.2 Å². The fraction of sp³-hybridized carbons (Fsp3) is 0.261. The molecule has 1 aromatic heterocycles. The monoisotopic (exact) mass is 376 g/mol. The van der Waals surface area contributed by atoms with Crippen molar-refractivity contribution in [3.05, 3.63) is 77.6 Å². The summed E-state index contributed by atoms with van der Waals surface area (Å²) >= 11 is 0. The molecule has 5 heteroatoms. The number of pyridine rings is 1. The van der Waals surface area contributed by atoms with E-state index in [2.05, 4.69) is 17.1 Å². The highest BCUT2D eigenvalue weighted by atomic mass is 16.3. The molecule has 1 aliphatic rings. The van der Waals surface area contributed by atoms with Crippen LogP contribution in [-0.4, -0.2) is 39.8 Å². The molecule has 1 N–H and O–H groups in total. The highest BCUT2D eigenvalue weighted by Crippen LogP contribution is 2.30. The number of carbonyl (C=O) groups is 2. The molecule has 3 rings (SSSR count). The molecule has 0 aliphatic carbocycles. The zero-order valence-corrected chi connectivity index (χ0v) is 15.7. The number of aliphatic hydroxyl groups is 1. The second-order valence-corrected chi connectivity index (χ2v) is 6.73. The van der Waals surface area contributed by atoms with Gasteiger partial charge in [-0.25, -0.2) is 4.98 Å². The predicted molar refractivity (Wildman–Crippen MR) is 109 cm³/mol. The highest BCUT2D eigenvalue weighted by Gasteiger charge is 2.26. The van der Waals surface area contributed by atoms with Gasteiger partial charge in [0, 0.05) is 12.6 Å². The molecule has 1 unspecified atom stereocenters. The number of amides is 1. The van der Waals surface area contributed by atoms with Crippen LogP contribution in [0, 0.1) is 0 Å². The van der Waals surface area contributed by atoms with Crippen LogP contribution in [0.4, 0.5) is 0 Å². The maximum atomic E-state index is 12.8. The van der Waals surface area contributed by atoms with Crippen LogP contribution in [0.3, 0.4) is 0 Å². The van der Waals surface area contributed by atoms with Gasteiger partial charge in [0.05, 0.1) is 17.4 Å². The number of likely N-dealkylation sites (tertiary alicyclic amines) is 1. The number of carbonyl (C=O) groups excluding carboxylic acids is 2. The Balaban J connectivity index is 1.72. The Hall–Kier alpha value is -3.05. The van der Waals surface area contributed by atoms with E-state index in [1.807, 2.05) is 29.2 Å². The lowest BCUT2D eigenvalue weighted by molar-refractivity contribution is -0.129. The van der Waals surface area contributed by atoms with Crippen molar-refractivity contribution < 1.29 is 14.7 Å². The minimum Gasteiger partial charge on any atom is -0.388 e. The number of aromatic nitrogens is 1. The third-order valence-corrected chi connectivity index (χ3v) is 4.75. The lowest BCUT2D eigenvalue weighted by atomic mass is 9.95. The molecule has 0 radical (unpaired) electrons. The fourth-order valence-electron chi connectivity index (χ4n) is 3.36. The van der Waals surface area contributed by atoms with Gasteiger partial charge in [0.1, 0.15) is 6.61 Å². The number of ketones is 1. The van der Waals surface area contributed by atoms with Crippen LogP contribution in [0.15, 0.2) is 60.7 Å². The van der Waals surface area contributed by atoms with Gasteiger partial charge in [-0.15, -0.1) is 0 Å². The van der Waals surface area contributed by atoms with Crippen molar-refractivity contribution in [1.29, 1.82) is 0 Å². The minimum absolute atomic E-state index is 0.0215. The number of nitrogens with zero attached hydrogens (tertiary/aromatic N) is 2. The summed E-state index contributed by atoms with van der Waals surface area (Å²) in [5.41, 5.74) is 2.40. The first kappa shape index (κ1) is 19.7. The maximum absolute atomic E-state index is 12.8. The van der Waals surface area contributed by atoms with E-state index in [9.17, 15) is 9.59 Å². The lowest BCUT2D eigenvalue weighted by Crippen LogP contribution is -2.37. The van der Waals surface area contributed by atoms with E-state index in [4.69, 9.17) is 5.11 Å². The SMILES string of the molecule is O=C(/C=C/c1cccc(/C=C/C(=O)N2CCCCC2c2ccccc2)n1)CO. The maximum Gasteiger partial charge on any atom is 0.247 e. The molecule has 0 bridgehead atoms. The molecular weight excluding hydrogens is 352 g/mol. The van der Waals surface area contributed by atoms with Crippen LogP contribution in [0.1, 0.15) is 42.3 Å². The summed E-state index contributed by atoms with van der Waals surface area (Å²) in [6, 6.07) is 15.6. The number of benzene rings is 1. The number of rotatable bonds is 6. The van der Waals surface area contributed by atoms with Gasteiger partial charge < -0.3 is 10.0 Å². The molecular formula is C23H24N2O3. The Morgan fingerprint density at radius 2 is 1.71 bits per heavy atom. The van der Waals surface area contributed by atoms with Crippen molar-refractivity contribution in [1.82, 2.24) is 9.88 Å². The second-order valence-electron chi connectivity index (χ2n) is 6.73. The number of hydrogen-bond acceptors (Lipinski definition) is 4. The van der Waals surface area contributed by atoms with E-state index >= 15 is 0 Å². The Morgan fingerprint density at radius 3 is 2.43 bits per heavy atom. The molecule has 0 saturated carbocycles. The molecule has 2 aromatic rings. The summed E-state index contributed by atoms with van der Waals surface area (Å²) in [6.07, 6.45) is 9.21. The number of hydrogen-bond donors (Lipinski definition) is 1. The molecule has 5 nitrogen and oxygen atoms in total. The van der Waals surface area contributed by atoms with Crippen LogP contribution in [0.5, 0.6) is 0 Å². The van der Waals surface area contributed by atoms with Gasteiger partial charge in [-0.3, -0.25) is 9.59 Å². The van der Waals surface area contributed by atoms with Gasteiger partial charge in [0.15, 0.2) is 5.78 Å². The van der Waals surface area contributed by atoms with Crippen molar-refractivity contribution in [2.45, 2.75) is 25.3 Å². The predicted octanol–water partition coefficient (Wildman–Crippen LogP) is 3.42. The smallest absolute Gasteiger partial charge is 0.247 e. The quantitative estimate of drug-likeness (QED) is 0.784. The molecule has 1 fully saturated rings. The summed E-state index contributed by atoms with van der Waals surface area (Å²) in [5.74, 6) is -0.401. The number of piperidine rings is 1. The zero-order valence-electron chi connectivity index (χ0n) is 15.7. The fourth-order valence-corrected chi connectivity index (χ4v) is 3.36. The van der Waals surface area contributed by atoms with Crippen LogP contribution in [-0.2, 0) is 9.59 Å². The van der Waals surface area contributed by atoms with Gasteiger partial charge in [-0.1, -0.05) is 36.4 Å². The summed E-state index contributed by atoms with van der Waals surface area (Å²) < 4.78 is 0. The largest absolute Gasteiger partial charge is 0.388 e. The molecule has 1 saturated heterocycles. The Labute approximate surface area is 165 Å². The normalized spacial score (nSPS) is 17.3. The lowest BCUT2D eigenvalue weighted by Gasteiger charge is -2.35. The van der Waals surface area contributed by atoms with Gasteiger partial charge >= 0.3 is 0 Å². The molecule has 144 valence electrons. The standard InChI is InChI=1S/C23H24N2O3/c26-17-21(27)14-12-19-9-6-10-20(24-19)13-15-23(28)25-16-5-4-11-22(25)18-7-2-1-3-8-18/h1-3,6-10,12-15,22,26H,4-5,11,16-17H2/b14-12+,15-13+. The average Bonchev–Trinajstić information content (AvgIpc) is 2.76. The van der Waals surface area contributed by atoms with Crippen LogP contribution in [0.2, 0.25) is 0 Å². The minimum atomic E-state index is -0.525. The summed E-state index contributed by atoms with van der Waals surface area (Å²) in [6.45, 7) is 0.227. The summed E-state index contributed by atoms with van der Waals surface area (Å²) in [7, 11) is 0.